The number of carbonyl (C=O) groups excluding carboxylic acids is 1. The summed E-state index contributed by atoms with van der Waals surface area (Å²) in [6, 6.07) is 1.67. The summed E-state index contributed by atoms with van der Waals surface area (Å²) in [5.41, 5.74) is 6.01. The number of carbonyl (C=O) groups is 1. The van der Waals surface area contributed by atoms with Gasteiger partial charge in [-0.2, -0.15) is 5.10 Å². The number of amides is 2. The SMILES string of the molecule is COC[C@H]1COc2c([SH](=O)=NC(=O)Nc3c4c(cc5c3CCC5)CCC4)cnn21. The quantitative estimate of drug-likeness (QED) is 0.748. The van der Waals surface area contributed by atoms with E-state index in [9.17, 15) is 9.00 Å². The van der Waals surface area contributed by atoms with Gasteiger partial charge in [0.05, 0.1) is 23.4 Å². The first-order valence-corrected chi connectivity index (χ1v) is 11.2. The lowest BCUT2D eigenvalue weighted by atomic mass is 9.99. The highest BCUT2D eigenvalue weighted by Crippen LogP contribution is 2.38. The Balaban J connectivity index is 1.41. The average Bonchev–Trinajstić information content (AvgIpc) is 3.46. The molecule has 154 valence electrons. The minimum atomic E-state index is -2.30. The Morgan fingerprint density at radius 1 is 1.31 bits per heavy atom. The Bertz CT molecular complexity index is 1040. The van der Waals surface area contributed by atoms with Gasteiger partial charge in [0.15, 0.2) is 0 Å². The third-order valence-corrected chi connectivity index (χ3v) is 7.02. The highest BCUT2D eigenvalue weighted by molar-refractivity contribution is 7.75. The van der Waals surface area contributed by atoms with Gasteiger partial charge < -0.3 is 14.8 Å². The number of aryl methyl sites for hydroxylation is 2. The van der Waals surface area contributed by atoms with E-state index in [2.05, 4.69) is 20.8 Å². The van der Waals surface area contributed by atoms with Gasteiger partial charge in [0.2, 0.25) is 5.88 Å². The minimum absolute atomic E-state index is 0.0597. The molecule has 1 aromatic heterocycles. The summed E-state index contributed by atoms with van der Waals surface area (Å²) >= 11 is 0. The molecule has 2 heterocycles. The van der Waals surface area contributed by atoms with Crippen molar-refractivity contribution >= 4 is 22.3 Å². The van der Waals surface area contributed by atoms with Crippen LogP contribution in [0.4, 0.5) is 10.5 Å². The molecule has 2 aliphatic carbocycles. The molecule has 2 amide bonds. The Morgan fingerprint density at radius 3 is 2.72 bits per heavy atom. The molecule has 0 spiro atoms. The number of nitrogens with zero attached hydrogens (tertiary/aromatic N) is 3. The van der Waals surface area contributed by atoms with Gasteiger partial charge in [-0.1, -0.05) is 6.07 Å². The molecule has 8 nitrogen and oxygen atoms in total. The molecule has 2 atom stereocenters. The van der Waals surface area contributed by atoms with Crippen LogP contribution in [0.25, 0.3) is 0 Å². The summed E-state index contributed by atoms with van der Waals surface area (Å²) in [5, 5.41) is 7.19. The Kier molecular flexibility index (Phi) is 4.79. The van der Waals surface area contributed by atoms with E-state index in [0.717, 1.165) is 44.2 Å². The van der Waals surface area contributed by atoms with Crippen molar-refractivity contribution in [3.63, 3.8) is 0 Å². The monoisotopic (exact) mass is 416 g/mol. The zero-order valence-electron chi connectivity index (χ0n) is 16.3. The fourth-order valence-electron chi connectivity index (χ4n) is 4.67. The van der Waals surface area contributed by atoms with Crippen LogP contribution in [0.3, 0.4) is 0 Å². The standard InChI is InChI=1S/C20H24N4O4S/c1-27-10-14-11-28-19-17(9-21-24(14)19)29(26)23-20(25)22-18-15-6-2-4-12(15)8-13-5-3-7-16(13)18/h8-9,14,29H,2-7,10-11H2,1H3,(H,22,25)/t14-/m0/s1. The van der Waals surface area contributed by atoms with E-state index in [1.54, 1.807) is 11.8 Å². The first-order valence-electron chi connectivity index (χ1n) is 10.0. The van der Waals surface area contributed by atoms with Crippen molar-refractivity contribution in [2.45, 2.75) is 49.5 Å². The van der Waals surface area contributed by atoms with Crippen LogP contribution in [-0.4, -0.2) is 40.3 Å². The normalized spacial score (nSPS) is 20.2. The molecule has 9 heteroatoms. The number of benzene rings is 1. The Labute approximate surface area is 170 Å². The van der Waals surface area contributed by atoms with Crippen LogP contribution in [-0.2, 0) is 41.0 Å². The maximum atomic E-state index is 12.8. The molecule has 0 bridgehead atoms. The van der Waals surface area contributed by atoms with Gasteiger partial charge in [0, 0.05) is 12.8 Å². The molecular weight excluding hydrogens is 392 g/mol. The third-order valence-electron chi connectivity index (χ3n) is 5.94. The number of methoxy groups -OCH3 is 1. The van der Waals surface area contributed by atoms with Crippen LogP contribution < -0.4 is 10.1 Å². The van der Waals surface area contributed by atoms with Gasteiger partial charge >= 0.3 is 6.03 Å². The van der Waals surface area contributed by atoms with E-state index in [1.165, 1.54) is 28.5 Å². The Hall–Kier alpha value is -2.39. The van der Waals surface area contributed by atoms with Crippen molar-refractivity contribution in [1.29, 1.82) is 0 Å². The molecule has 0 fully saturated rings. The first-order chi connectivity index (χ1) is 14.2. The van der Waals surface area contributed by atoms with Gasteiger partial charge in [-0.15, -0.1) is 4.36 Å². The fourth-order valence-corrected chi connectivity index (χ4v) is 5.47. The lowest BCUT2D eigenvalue weighted by Crippen LogP contribution is -2.14. The highest BCUT2D eigenvalue weighted by Gasteiger charge is 2.29. The number of fused-ring (bicyclic) bond motifs is 3. The third kappa shape index (κ3) is 3.22. The molecule has 1 unspecified atom stereocenters. The second kappa shape index (κ2) is 7.46. The van der Waals surface area contributed by atoms with Gasteiger partial charge in [-0.25, -0.2) is 13.7 Å². The number of rotatable bonds is 4. The van der Waals surface area contributed by atoms with E-state index in [0.29, 0.717) is 24.0 Å². The molecule has 1 aliphatic heterocycles. The second-order valence-corrected chi connectivity index (χ2v) is 8.96. The van der Waals surface area contributed by atoms with E-state index < -0.39 is 16.6 Å². The zero-order valence-corrected chi connectivity index (χ0v) is 17.2. The summed E-state index contributed by atoms with van der Waals surface area (Å²) in [5.74, 6) is 0.409. The summed E-state index contributed by atoms with van der Waals surface area (Å²) in [4.78, 5) is 13.0. The predicted molar refractivity (Wildman–Crippen MR) is 108 cm³/mol. The van der Waals surface area contributed by atoms with Crippen molar-refractivity contribution in [3.05, 3.63) is 34.5 Å². The van der Waals surface area contributed by atoms with Crippen LogP contribution in [0.1, 0.15) is 41.1 Å². The number of hydrogen-bond donors (Lipinski definition) is 2. The van der Waals surface area contributed by atoms with Gasteiger partial charge in [-0.3, -0.25) is 0 Å². The molecule has 1 N–H and O–H groups in total. The summed E-state index contributed by atoms with van der Waals surface area (Å²) in [6.45, 7) is 0.856. The van der Waals surface area contributed by atoms with E-state index in [-0.39, 0.29) is 6.04 Å². The summed E-state index contributed by atoms with van der Waals surface area (Å²) in [7, 11) is -0.693. The molecule has 0 saturated carbocycles. The van der Waals surface area contributed by atoms with Crippen molar-refractivity contribution in [3.8, 4) is 5.88 Å². The minimum Gasteiger partial charge on any atom is -0.475 e. The van der Waals surface area contributed by atoms with Crippen LogP contribution >= 0.6 is 0 Å². The van der Waals surface area contributed by atoms with E-state index in [1.807, 2.05) is 0 Å². The fraction of sp³-hybridized carbons (Fsp3) is 0.500. The average molecular weight is 417 g/mol. The topological polar surface area (TPSA) is 94.8 Å². The molecule has 0 radical (unpaired) electrons. The van der Waals surface area contributed by atoms with Gasteiger partial charge in [-0.05, 0) is 60.8 Å². The number of urea groups is 1. The van der Waals surface area contributed by atoms with E-state index >= 15 is 0 Å². The number of thiol groups is 1. The molecule has 1 aromatic carbocycles. The molecular formula is C20H24N4O4S. The number of anilines is 1. The first kappa shape index (κ1) is 18.6. The van der Waals surface area contributed by atoms with Crippen LogP contribution in [0.15, 0.2) is 21.5 Å². The maximum Gasteiger partial charge on any atom is 0.353 e. The highest BCUT2D eigenvalue weighted by atomic mass is 32.2. The molecule has 29 heavy (non-hydrogen) atoms. The van der Waals surface area contributed by atoms with Crippen LogP contribution in [0, 0.1) is 0 Å². The summed E-state index contributed by atoms with van der Waals surface area (Å²) < 4.78 is 29.1. The van der Waals surface area contributed by atoms with Gasteiger partial charge in [0.1, 0.15) is 17.5 Å². The van der Waals surface area contributed by atoms with Crippen molar-refractivity contribution in [1.82, 2.24) is 9.78 Å². The smallest absolute Gasteiger partial charge is 0.353 e. The maximum absolute atomic E-state index is 12.8. The lowest BCUT2D eigenvalue weighted by molar-refractivity contribution is 0.145. The molecule has 2 aromatic rings. The molecule has 5 rings (SSSR count). The summed E-state index contributed by atoms with van der Waals surface area (Å²) in [6.07, 6.45) is 7.72. The molecule has 3 aliphatic rings. The lowest BCUT2D eigenvalue weighted by Gasteiger charge is -2.14. The number of aromatic nitrogens is 2. The van der Waals surface area contributed by atoms with Crippen LogP contribution in [0.5, 0.6) is 5.88 Å². The van der Waals surface area contributed by atoms with Crippen molar-refractivity contribution in [2.75, 3.05) is 25.6 Å². The van der Waals surface area contributed by atoms with Crippen molar-refractivity contribution < 1.29 is 18.5 Å². The zero-order chi connectivity index (χ0) is 20.0. The predicted octanol–water partition coefficient (Wildman–Crippen LogP) is 2.70. The Morgan fingerprint density at radius 2 is 2.03 bits per heavy atom. The largest absolute Gasteiger partial charge is 0.475 e. The van der Waals surface area contributed by atoms with Crippen LogP contribution in [0.2, 0.25) is 0 Å². The molecule has 0 saturated heterocycles. The number of ether oxygens (including phenoxy) is 2. The van der Waals surface area contributed by atoms with Crippen molar-refractivity contribution in [2.24, 2.45) is 4.36 Å². The van der Waals surface area contributed by atoms with E-state index in [4.69, 9.17) is 9.47 Å². The second-order valence-electron chi connectivity index (χ2n) is 7.74. The number of hydrogen-bond acceptors (Lipinski definition) is 5. The number of nitrogens with one attached hydrogen (secondary N) is 1. The van der Waals surface area contributed by atoms with Gasteiger partial charge in [0.25, 0.3) is 0 Å².